The number of aromatic nitrogens is 2. The van der Waals surface area contributed by atoms with Crippen molar-refractivity contribution in [3.63, 3.8) is 0 Å². The molecule has 0 spiro atoms. The van der Waals surface area contributed by atoms with Crippen LogP contribution in [0, 0.1) is 6.92 Å². The average molecular weight is 278 g/mol. The standard InChI is InChI=1S/C13H22N6O/c1-4-15-10(20)7-19(3)13-8(2)11(18-14)16-12(17-13)9-5-6-9/h9H,4-7,14H2,1-3H3,(H,15,20)(H,16,17,18). The van der Waals surface area contributed by atoms with Gasteiger partial charge in [0, 0.05) is 25.1 Å². The Kier molecular flexibility index (Phi) is 4.39. The Morgan fingerprint density at radius 2 is 2.15 bits per heavy atom. The van der Waals surface area contributed by atoms with Gasteiger partial charge in [-0.1, -0.05) is 0 Å². The second-order valence-electron chi connectivity index (χ2n) is 5.11. The van der Waals surface area contributed by atoms with E-state index >= 15 is 0 Å². The molecule has 0 radical (unpaired) electrons. The van der Waals surface area contributed by atoms with Gasteiger partial charge in [-0.3, -0.25) is 4.79 Å². The number of carbonyl (C=O) groups excluding carboxylic acids is 1. The molecule has 2 rings (SSSR count). The number of nitrogens with zero attached hydrogens (tertiary/aromatic N) is 3. The zero-order valence-corrected chi connectivity index (χ0v) is 12.2. The first kappa shape index (κ1) is 14.5. The summed E-state index contributed by atoms with van der Waals surface area (Å²) in [4.78, 5) is 22.5. The summed E-state index contributed by atoms with van der Waals surface area (Å²) in [7, 11) is 1.85. The zero-order valence-electron chi connectivity index (χ0n) is 12.2. The third-order valence-corrected chi connectivity index (χ3v) is 3.33. The van der Waals surface area contributed by atoms with E-state index < -0.39 is 0 Å². The van der Waals surface area contributed by atoms with E-state index in [1.165, 1.54) is 0 Å². The van der Waals surface area contributed by atoms with Crippen LogP contribution in [0.5, 0.6) is 0 Å². The predicted octanol–water partition coefficient (Wildman–Crippen LogP) is 0.520. The third-order valence-electron chi connectivity index (χ3n) is 3.33. The van der Waals surface area contributed by atoms with Crippen molar-refractivity contribution in [2.24, 2.45) is 5.84 Å². The molecule has 1 fully saturated rings. The lowest BCUT2D eigenvalue weighted by atomic mass is 10.2. The van der Waals surface area contributed by atoms with Crippen molar-refractivity contribution in [3.05, 3.63) is 11.4 Å². The van der Waals surface area contributed by atoms with Gasteiger partial charge in [0.15, 0.2) is 0 Å². The number of likely N-dealkylation sites (N-methyl/N-ethyl adjacent to an activating group) is 2. The molecule has 0 aromatic carbocycles. The molecule has 110 valence electrons. The van der Waals surface area contributed by atoms with Gasteiger partial charge in [-0.25, -0.2) is 15.8 Å². The minimum Gasteiger partial charge on any atom is -0.355 e. The summed E-state index contributed by atoms with van der Waals surface area (Å²) in [5.74, 6) is 8.11. The minimum absolute atomic E-state index is 0.0248. The molecule has 0 saturated heterocycles. The molecular weight excluding hydrogens is 256 g/mol. The summed E-state index contributed by atoms with van der Waals surface area (Å²) in [5.41, 5.74) is 3.46. The molecule has 1 heterocycles. The largest absolute Gasteiger partial charge is 0.355 e. The Bertz CT molecular complexity index is 500. The molecule has 1 aromatic heterocycles. The highest BCUT2D eigenvalue weighted by Crippen LogP contribution is 2.39. The number of hydrogen-bond acceptors (Lipinski definition) is 6. The number of amides is 1. The maximum Gasteiger partial charge on any atom is 0.239 e. The number of hydrazine groups is 1. The Hall–Kier alpha value is -1.89. The maximum absolute atomic E-state index is 11.7. The van der Waals surface area contributed by atoms with Crippen LogP contribution in [0.2, 0.25) is 0 Å². The van der Waals surface area contributed by atoms with Gasteiger partial charge in [-0.15, -0.1) is 0 Å². The van der Waals surface area contributed by atoms with Gasteiger partial charge < -0.3 is 15.6 Å². The smallest absolute Gasteiger partial charge is 0.239 e. The fourth-order valence-electron chi connectivity index (χ4n) is 2.10. The third kappa shape index (κ3) is 3.16. The number of anilines is 2. The summed E-state index contributed by atoms with van der Waals surface area (Å²) < 4.78 is 0. The van der Waals surface area contributed by atoms with Crippen LogP contribution in [0.4, 0.5) is 11.6 Å². The molecule has 1 aliphatic rings. The molecule has 20 heavy (non-hydrogen) atoms. The van der Waals surface area contributed by atoms with Crippen molar-refractivity contribution in [3.8, 4) is 0 Å². The number of rotatable bonds is 6. The number of carbonyl (C=O) groups is 1. The number of nitrogens with two attached hydrogens (primary N) is 1. The monoisotopic (exact) mass is 278 g/mol. The van der Waals surface area contributed by atoms with Crippen molar-refractivity contribution in [1.29, 1.82) is 0 Å². The van der Waals surface area contributed by atoms with E-state index in [0.717, 1.165) is 30.0 Å². The first-order valence-corrected chi connectivity index (χ1v) is 6.89. The molecule has 1 amide bonds. The molecule has 1 aliphatic carbocycles. The van der Waals surface area contributed by atoms with E-state index in [1.54, 1.807) is 0 Å². The van der Waals surface area contributed by atoms with E-state index in [0.29, 0.717) is 18.3 Å². The van der Waals surface area contributed by atoms with Crippen molar-refractivity contribution in [1.82, 2.24) is 15.3 Å². The Labute approximate surface area is 118 Å². The summed E-state index contributed by atoms with van der Waals surface area (Å²) in [6.07, 6.45) is 2.24. The highest BCUT2D eigenvalue weighted by molar-refractivity contribution is 5.81. The Balaban J connectivity index is 2.24. The normalized spacial score (nSPS) is 14.0. The van der Waals surface area contributed by atoms with E-state index in [9.17, 15) is 4.79 Å². The van der Waals surface area contributed by atoms with Gasteiger partial charge in [0.2, 0.25) is 5.91 Å². The van der Waals surface area contributed by atoms with Crippen LogP contribution in [-0.2, 0) is 4.79 Å². The first-order chi connectivity index (χ1) is 9.56. The Morgan fingerprint density at radius 1 is 1.45 bits per heavy atom. The molecule has 7 nitrogen and oxygen atoms in total. The van der Waals surface area contributed by atoms with E-state index in [-0.39, 0.29) is 12.5 Å². The molecule has 1 aromatic rings. The predicted molar refractivity (Wildman–Crippen MR) is 78.5 cm³/mol. The minimum atomic E-state index is -0.0248. The van der Waals surface area contributed by atoms with Crippen LogP contribution in [0.15, 0.2) is 0 Å². The van der Waals surface area contributed by atoms with Crippen LogP contribution in [-0.4, -0.2) is 36.0 Å². The number of hydrogen-bond donors (Lipinski definition) is 3. The van der Waals surface area contributed by atoms with Crippen LogP contribution in [0.3, 0.4) is 0 Å². The second-order valence-corrected chi connectivity index (χ2v) is 5.11. The molecule has 4 N–H and O–H groups in total. The lowest BCUT2D eigenvalue weighted by molar-refractivity contribution is -0.119. The SMILES string of the molecule is CCNC(=O)CN(C)c1nc(C2CC2)nc(NN)c1C. The molecular formula is C13H22N6O. The van der Waals surface area contributed by atoms with E-state index in [1.807, 2.05) is 25.8 Å². The summed E-state index contributed by atoms with van der Waals surface area (Å²) in [6, 6.07) is 0. The maximum atomic E-state index is 11.7. The second kappa shape index (κ2) is 6.04. The summed E-state index contributed by atoms with van der Waals surface area (Å²) in [5, 5.41) is 2.78. The molecule has 1 saturated carbocycles. The van der Waals surface area contributed by atoms with Crippen LogP contribution >= 0.6 is 0 Å². The summed E-state index contributed by atoms with van der Waals surface area (Å²) in [6.45, 7) is 4.68. The topological polar surface area (TPSA) is 96.2 Å². The molecule has 0 bridgehead atoms. The fourth-order valence-corrected chi connectivity index (χ4v) is 2.10. The zero-order chi connectivity index (χ0) is 14.7. The average Bonchev–Trinajstić information content (AvgIpc) is 3.23. The molecule has 0 atom stereocenters. The molecule has 0 aliphatic heterocycles. The van der Waals surface area contributed by atoms with Gasteiger partial charge >= 0.3 is 0 Å². The molecule has 0 unspecified atom stereocenters. The quantitative estimate of drug-likeness (QED) is 0.518. The van der Waals surface area contributed by atoms with Crippen LogP contribution < -0.4 is 21.5 Å². The van der Waals surface area contributed by atoms with Gasteiger partial charge in [0.05, 0.1) is 6.54 Å². The van der Waals surface area contributed by atoms with Gasteiger partial charge in [0.25, 0.3) is 0 Å². The highest BCUT2D eigenvalue weighted by atomic mass is 16.2. The van der Waals surface area contributed by atoms with Crippen molar-refractivity contribution < 1.29 is 4.79 Å². The first-order valence-electron chi connectivity index (χ1n) is 6.89. The van der Waals surface area contributed by atoms with Crippen LogP contribution in [0.25, 0.3) is 0 Å². The van der Waals surface area contributed by atoms with Crippen molar-refractivity contribution in [2.45, 2.75) is 32.6 Å². The lowest BCUT2D eigenvalue weighted by Gasteiger charge is -2.21. The number of nitrogen functional groups attached to an aromatic ring is 1. The van der Waals surface area contributed by atoms with Crippen molar-refractivity contribution >= 4 is 17.5 Å². The molecule has 7 heteroatoms. The fraction of sp³-hybridized carbons (Fsp3) is 0.615. The van der Waals surface area contributed by atoms with Gasteiger partial charge in [-0.2, -0.15) is 0 Å². The van der Waals surface area contributed by atoms with Crippen molar-refractivity contribution in [2.75, 3.05) is 30.5 Å². The lowest BCUT2D eigenvalue weighted by Crippen LogP contribution is -2.36. The van der Waals surface area contributed by atoms with Gasteiger partial charge in [0.1, 0.15) is 17.5 Å². The van der Waals surface area contributed by atoms with E-state index in [2.05, 4.69) is 20.7 Å². The summed E-state index contributed by atoms with van der Waals surface area (Å²) >= 11 is 0. The van der Waals surface area contributed by atoms with Gasteiger partial charge in [-0.05, 0) is 26.7 Å². The highest BCUT2D eigenvalue weighted by Gasteiger charge is 2.28. The number of nitrogens with one attached hydrogen (secondary N) is 2. The van der Waals surface area contributed by atoms with E-state index in [4.69, 9.17) is 5.84 Å². The Morgan fingerprint density at radius 3 is 2.70 bits per heavy atom. The van der Waals surface area contributed by atoms with Crippen LogP contribution in [0.1, 0.15) is 37.1 Å².